The first-order chi connectivity index (χ1) is 7.43. The molecule has 4 nitrogen and oxygen atoms in total. The highest BCUT2D eigenvalue weighted by Crippen LogP contribution is 2.27. The first-order valence-corrected chi connectivity index (χ1v) is 5.63. The predicted octanol–water partition coefficient (Wildman–Crippen LogP) is 1.05. The lowest BCUT2D eigenvalue weighted by Crippen LogP contribution is -2.29. The molecule has 2 heterocycles. The Morgan fingerprint density at radius 1 is 1.33 bits per heavy atom. The summed E-state index contributed by atoms with van der Waals surface area (Å²) in [7, 11) is 0. The van der Waals surface area contributed by atoms with Crippen LogP contribution in [0.2, 0.25) is 0 Å². The van der Waals surface area contributed by atoms with E-state index in [1.54, 1.807) is 6.33 Å². The van der Waals surface area contributed by atoms with Crippen molar-refractivity contribution >= 4 is 0 Å². The van der Waals surface area contributed by atoms with Crippen LogP contribution in [0.1, 0.15) is 30.5 Å². The van der Waals surface area contributed by atoms with Gasteiger partial charge < -0.3 is 10.1 Å². The molecule has 15 heavy (non-hydrogen) atoms. The average molecular weight is 205 g/mol. The second kappa shape index (κ2) is 3.77. The van der Waals surface area contributed by atoms with Crippen LogP contribution in [0.25, 0.3) is 0 Å². The summed E-state index contributed by atoms with van der Waals surface area (Å²) in [6.07, 6.45) is 6.64. The molecule has 1 aromatic rings. The molecule has 0 unspecified atom stereocenters. The molecule has 0 saturated heterocycles. The normalized spacial score (nSPS) is 20.5. The number of aromatic nitrogens is 2. The Morgan fingerprint density at radius 2 is 2.27 bits per heavy atom. The number of nitrogens with one attached hydrogen (secondary N) is 1. The molecule has 0 atom stereocenters. The van der Waals surface area contributed by atoms with Crippen LogP contribution in [0.5, 0.6) is 5.88 Å². The van der Waals surface area contributed by atoms with Crippen molar-refractivity contribution in [3.05, 3.63) is 17.6 Å². The van der Waals surface area contributed by atoms with Crippen molar-refractivity contribution in [1.29, 1.82) is 0 Å². The molecule has 0 spiro atoms. The van der Waals surface area contributed by atoms with Crippen LogP contribution < -0.4 is 10.1 Å². The Balaban J connectivity index is 1.85. The monoisotopic (exact) mass is 205 g/mol. The summed E-state index contributed by atoms with van der Waals surface area (Å²) in [5.41, 5.74) is 2.31. The van der Waals surface area contributed by atoms with E-state index in [4.69, 9.17) is 4.74 Å². The average Bonchev–Trinajstić information content (AvgIpc) is 2.23. The molecule has 1 aliphatic heterocycles. The summed E-state index contributed by atoms with van der Waals surface area (Å²) >= 11 is 0. The van der Waals surface area contributed by atoms with Gasteiger partial charge in [0.2, 0.25) is 5.88 Å². The van der Waals surface area contributed by atoms with E-state index >= 15 is 0 Å². The lowest BCUT2D eigenvalue weighted by molar-refractivity contribution is 0.112. The molecule has 0 aromatic carbocycles. The predicted molar refractivity (Wildman–Crippen MR) is 55.7 cm³/mol. The third-order valence-electron chi connectivity index (χ3n) is 3.17. The van der Waals surface area contributed by atoms with Gasteiger partial charge in [0, 0.05) is 12.1 Å². The lowest BCUT2D eigenvalue weighted by atomic mass is 9.96. The molecule has 0 bridgehead atoms. The van der Waals surface area contributed by atoms with Crippen molar-refractivity contribution < 1.29 is 4.74 Å². The SMILES string of the molecule is c1nc2c(c(OC3CCC3)n1)CCNC2. The van der Waals surface area contributed by atoms with Gasteiger partial charge in [-0.2, -0.15) is 0 Å². The molecule has 1 N–H and O–H groups in total. The van der Waals surface area contributed by atoms with Gasteiger partial charge in [-0.05, 0) is 32.2 Å². The van der Waals surface area contributed by atoms with Gasteiger partial charge in [-0.1, -0.05) is 0 Å². The third-order valence-corrected chi connectivity index (χ3v) is 3.17. The minimum atomic E-state index is 0.402. The highest BCUT2D eigenvalue weighted by molar-refractivity contribution is 5.31. The van der Waals surface area contributed by atoms with Crippen LogP contribution in [0.15, 0.2) is 6.33 Å². The van der Waals surface area contributed by atoms with Crippen LogP contribution in [0.4, 0.5) is 0 Å². The fourth-order valence-electron chi connectivity index (χ4n) is 2.00. The molecule has 1 aliphatic carbocycles. The number of fused-ring (bicyclic) bond motifs is 1. The third kappa shape index (κ3) is 1.69. The van der Waals surface area contributed by atoms with Gasteiger partial charge in [0.15, 0.2) is 0 Å². The van der Waals surface area contributed by atoms with Crippen LogP contribution in [-0.2, 0) is 13.0 Å². The Hall–Kier alpha value is -1.16. The van der Waals surface area contributed by atoms with Crippen LogP contribution in [0, 0.1) is 0 Å². The molecule has 4 heteroatoms. The van der Waals surface area contributed by atoms with E-state index in [1.165, 1.54) is 24.8 Å². The first kappa shape index (κ1) is 9.09. The van der Waals surface area contributed by atoms with E-state index in [-0.39, 0.29) is 0 Å². The van der Waals surface area contributed by atoms with Crippen molar-refractivity contribution in [2.24, 2.45) is 0 Å². The van der Waals surface area contributed by atoms with Gasteiger partial charge in [-0.15, -0.1) is 0 Å². The van der Waals surface area contributed by atoms with Crippen LogP contribution >= 0.6 is 0 Å². The maximum absolute atomic E-state index is 5.87. The highest BCUT2D eigenvalue weighted by atomic mass is 16.5. The lowest BCUT2D eigenvalue weighted by Gasteiger charge is -2.27. The van der Waals surface area contributed by atoms with Gasteiger partial charge in [0.25, 0.3) is 0 Å². The van der Waals surface area contributed by atoms with Gasteiger partial charge in [0.1, 0.15) is 12.4 Å². The van der Waals surface area contributed by atoms with Gasteiger partial charge in [-0.25, -0.2) is 9.97 Å². The number of hydrogen-bond donors (Lipinski definition) is 1. The van der Waals surface area contributed by atoms with Crippen LogP contribution in [-0.4, -0.2) is 22.6 Å². The van der Waals surface area contributed by atoms with Crippen molar-refractivity contribution in [3.63, 3.8) is 0 Å². The minimum Gasteiger partial charge on any atom is -0.474 e. The van der Waals surface area contributed by atoms with Gasteiger partial charge in [0.05, 0.1) is 5.69 Å². The van der Waals surface area contributed by atoms with Gasteiger partial charge >= 0.3 is 0 Å². The molecule has 1 saturated carbocycles. The second-order valence-corrected chi connectivity index (χ2v) is 4.20. The maximum atomic E-state index is 5.87. The Kier molecular flexibility index (Phi) is 2.29. The van der Waals surface area contributed by atoms with Gasteiger partial charge in [-0.3, -0.25) is 0 Å². The second-order valence-electron chi connectivity index (χ2n) is 4.20. The molecule has 3 rings (SSSR count). The van der Waals surface area contributed by atoms with Crippen molar-refractivity contribution in [1.82, 2.24) is 15.3 Å². The van der Waals surface area contributed by atoms with E-state index in [1.807, 2.05) is 0 Å². The van der Waals surface area contributed by atoms with E-state index in [9.17, 15) is 0 Å². The Labute approximate surface area is 89.1 Å². The number of hydrogen-bond acceptors (Lipinski definition) is 4. The number of rotatable bonds is 2. The summed E-state index contributed by atoms with van der Waals surface area (Å²) in [5.74, 6) is 0.825. The topological polar surface area (TPSA) is 47.0 Å². The number of ether oxygens (including phenoxy) is 1. The molecule has 80 valence electrons. The van der Waals surface area contributed by atoms with Crippen molar-refractivity contribution in [3.8, 4) is 5.88 Å². The highest BCUT2D eigenvalue weighted by Gasteiger charge is 2.23. The summed E-state index contributed by atoms with van der Waals surface area (Å²) in [6, 6.07) is 0. The van der Waals surface area contributed by atoms with E-state index in [2.05, 4.69) is 15.3 Å². The molecular weight excluding hydrogens is 190 g/mol. The standard InChI is InChI=1S/C11H15N3O/c1-2-8(3-1)15-11-9-4-5-12-6-10(9)13-7-14-11/h7-8,12H,1-6H2. The zero-order chi connectivity index (χ0) is 10.1. The van der Waals surface area contributed by atoms with E-state index in [0.717, 1.165) is 31.1 Å². The molecule has 2 aliphatic rings. The largest absolute Gasteiger partial charge is 0.474 e. The first-order valence-electron chi connectivity index (χ1n) is 5.63. The molecule has 1 fully saturated rings. The van der Waals surface area contributed by atoms with E-state index in [0.29, 0.717) is 6.10 Å². The molecule has 1 aromatic heterocycles. The van der Waals surface area contributed by atoms with Crippen molar-refractivity contribution in [2.75, 3.05) is 6.54 Å². The minimum absolute atomic E-state index is 0.402. The fraction of sp³-hybridized carbons (Fsp3) is 0.636. The smallest absolute Gasteiger partial charge is 0.220 e. The zero-order valence-corrected chi connectivity index (χ0v) is 8.70. The maximum Gasteiger partial charge on any atom is 0.220 e. The van der Waals surface area contributed by atoms with Crippen LogP contribution in [0.3, 0.4) is 0 Å². The fourth-order valence-corrected chi connectivity index (χ4v) is 2.00. The summed E-state index contributed by atoms with van der Waals surface area (Å²) < 4.78 is 5.87. The molecular formula is C11H15N3O. The summed E-state index contributed by atoms with van der Waals surface area (Å²) in [6.45, 7) is 1.85. The molecule has 0 amide bonds. The summed E-state index contributed by atoms with van der Waals surface area (Å²) in [5, 5.41) is 3.30. The summed E-state index contributed by atoms with van der Waals surface area (Å²) in [4.78, 5) is 8.53. The number of nitrogens with zero attached hydrogens (tertiary/aromatic N) is 2. The Morgan fingerprint density at radius 3 is 3.07 bits per heavy atom. The van der Waals surface area contributed by atoms with E-state index < -0.39 is 0 Å². The Bertz CT molecular complexity index is 363. The van der Waals surface area contributed by atoms with Crippen molar-refractivity contribution in [2.45, 2.75) is 38.3 Å². The zero-order valence-electron chi connectivity index (χ0n) is 8.70. The molecule has 0 radical (unpaired) electrons. The quantitative estimate of drug-likeness (QED) is 0.784.